The molecule has 0 aliphatic heterocycles. The summed E-state index contributed by atoms with van der Waals surface area (Å²) >= 11 is 0. The zero-order valence-electron chi connectivity index (χ0n) is 63.0. The average Bonchev–Trinajstić information content (AvgIpc) is 3.78. The molecule has 0 aromatic heterocycles. The quantitative estimate of drug-likeness (QED) is 0.0320. The molecule has 6 nitrogen and oxygen atoms in total. The van der Waals surface area contributed by atoms with Gasteiger partial charge in [0.15, 0.2) is 0 Å². The second-order valence-corrected chi connectivity index (χ2v) is 29.2. The van der Waals surface area contributed by atoms with E-state index in [9.17, 15) is 19.8 Å². The molecular formula is C87H165NO5. The van der Waals surface area contributed by atoms with Gasteiger partial charge in [-0.25, -0.2) is 0 Å². The maximum atomic E-state index is 12.6. The lowest BCUT2D eigenvalue weighted by atomic mass is 10.0. The molecule has 0 radical (unpaired) electrons. The number of carbonyl (C=O) groups is 2. The minimum Gasteiger partial charge on any atom is -0.466 e. The van der Waals surface area contributed by atoms with Gasteiger partial charge in [-0.05, 0) is 89.9 Å². The lowest BCUT2D eigenvalue weighted by Crippen LogP contribution is -2.45. The fourth-order valence-electron chi connectivity index (χ4n) is 13.4. The van der Waals surface area contributed by atoms with E-state index < -0.39 is 12.1 Å². The number of aliphatic hydroxyl groups excluding tert-OH is 2. The summed E-state index contributed by atoms with van der Waals surface area (Å²) in [5.74, 6) is -0.0474. The van der Waals surface area contributed by atoms with Crippen LogP contribution in [0.3, 0.4) is 0 Å². The molecule has 0 aliphatic carbocycles. The third kappa shape index (κ3) is 78.7. The SMILES string of the molecule is CCCCCCCC/C=C\CCCCCCCC(=O)OCCCCCCCCCCCCCCCCC/C=C\C/C=C\CCCCCCCCCCCCCCCCCCCC(=O)NC(CO)C(O)/C=C/CCCCCCCCCCCCCCCCCCCCCC. The van der Waals surface area contributed by atoms with E-state index in [-0.39, 0.29) is 18.5 Å². The molecule has 0 aliphatic rings. The predicted molar refractivity (Wildman–Crippen MR) is 412 cm³/mol. The van der Waals surface area contributed by atoms with Crippen molar-refractivity contribution in [3.63, 3.8) is 0 Å². The number of hydrogen-bond donors (Lipinski definition) is 3. The van der Waals surface area contributed by atoms with Crippen molar-refractivity contribution < 1.29 is 24.5 Å². The molecule has 2 atom stereocenters. The Kier molecular flexibility index (Phi) is 80.3. The van der Waals surface area contributed by atoms with Crippen molar-refractivity contribution >= 4 is 11.9 Å². The number of nitrogens with one attached hydrogen (secondary N) is 1. The smallest absolute Gasteiger partial charge is 0.305 e. The Morgan fingerprint density at radius 1 is 0.301 bits per heavy atom. The van der Waals surface area contributed by atoms with Gasteiger partial charge in [0.25, 0.3) is 0 Å². The van der Waals surface area contributed by atoms with E-state index in [1.54, 1.807) is 6.08 Å². The molecule has 93 heavy (non-hydrogen) atoms. The molecule has 2 unspecified atom stereocenters. The molecular weight excluding hydrogens is 1140 g/mol. The highest BCUT2D eigenvalue weighted by atomic mass is 16.5. The second-order valence-electron chi connectivity index (χ2n) is 29.2. The maximum Gasteiger partial charge on any atom is 0.305 e. The van der Waals surface area contributed by atoms with Crippen molar-refractivity contribution in [2.75, 3.05) is 13.2 Å². The first kappa shape index (κ1) is 90.8. The summed E-state index contributed by atoms with van der Waals surface area (Å²) in [5, 5.41) is 23.3. The zero-order valence-corrected chi connectivity index (χ0v) is 63.0. The van der Waals surface area contributed by atoms with Gasteiger partial charge >= 0.3 is 5.97 Å². The molecule has 0 fully saturated rings. The zero-order chi connectivity index (χ0) is 67.0. The molecule has 1 amide bonds. The predicted octanol–water partition coefficient (Wildman–Crippen LogP) is 28.3. The standard InChI is InChI=1S/C87H165NO5/c1-3-5-7-9-11-13-15-17-19-20-21-22-42-45-48-52-55-59-63-67-71-75-79-85(90)84(83-89)88-86(91)80-76-72-68-64-60-56-53-49-46-43-40-38-36-34-32-30-28-26-24-23-25-27-29-31-33-35-37-39-41-44-47-50-54-58-62-66-70-74-78-82-93-87(92)81-77-73-69-65-61-57-51-18-16-14-12-10-8-6-4-2/h18,23-24,27,29,51,75,79,84-85,89-90H,3-17,19-22,25-26,28,30-50,52-74,76-78,80-83H2,1-2H3,(H,88,91)/b24-23-,29-27-,51-18-,79-75+. The van der Waals surface area contributed by atoms with Gasteiger partial charge in [0, 0.05) is 12.8 Å². The lowest BCUT2D eigenvalue weighted by molar-refractivity contribution is -0.143. The van der Waals surface area contributed by atoms with Crippen LogP contribution in [0.25, 0.3) is 0 Å². The summed E-state index contributed by atoms with van der Waals surface area (Å²) < 4.78 is 5.50. The van der Waals surface area contributed by atoms with Crippen LogP contribution in [0, 0.1) is 0 Å². The Labute approximate surface area is 582 Å². The molecule has 0 saturated heterocycles. The summed E-state index contributed by atoms with van der Waals surface area (Å²) in [5.41, 5.74) is 0. The Hall–Kier alpha value is -2.18. The molecule has 3 N–H and O–H groups in total. The summed E-state index contributed by atoms with van der Waals surface area (Å²) in [7, 11) is 0. The van der Waals surface area contributed by atoms with E-state index >= 15 is 0 Å². The second kappa shape index (κ2) is 82.2. The van der Waals surface area contributed by atoms with E-state index in [1.165, 1.54) is 392 Å². The number of ether oxygens (including phenoxy) is 1. The Morgan fingerprint density at radius 2 is 0.538 bits per heavy atom. The summed E-state index contributed by atoms with van der Waals surface area (Å²) in [4.78, 5) is 24.6. The first-order chi connectivity index (χ1) is 46.0. The lowest BCUT2D eigenvalue weighted by Gasteiger charge is -2.20. The summed E-state index contributed by atoms with van der Waals surface area (Å²) in [6, 6.07) is -0.627. The number of unbranched alkanes of at least 4 members (excludes halogenated alkanes) is 63. The summed E-state index contributed by atoms with van der Waals surface area (Å²) in [6.07, 6.45) is 110. The van der Waals surface area contributed by atoms with Crippen molar-refractivity contribution in [1.29, 1.82) is 0 Å². The van der Waals surface area contributed by atoms with E-state index in [0.29, 0.717) is 19.4 Å². The highest BCUT2D eigenvalue weighted by molar-refractivity contribution is 5.76. The van der Waals surface area contributed by atoms with Gasteiger partial charge in [-0.15, -0.1) is 0 Å². The normalized spacial score (nSPS) is 12.7. The molecule has 0 aromatic rings. The van der Waals surface area contributed by atoms with E-state index in [0.717, 1.165) is 51.4 Å². The maximum absolute atomic E-state index is 12.6. The van der Waals surface area contributed by atoms with E-state index in [2.05, 4.69) is 55.6 Å². The number of allylic oxidation sites excluding steroid dienone is 7. The molecule has 0 rings (SSSR count). The minimum absolute atomic E-state index is 0.0128. The fourth-order valence-corrected chi connectivity index (χ4v) is 13.4. The summed E-state index contributed by atoms with van der Waals surface area (Å²) in [6.45, 7) is 4.95. The minimum atomic E-state index is -0.844. The largest absolute Gasteiger partial charge is 0.466 e. The number of amides is 1. The fraction of sp³-hybridized carbons (Fsp3) is 0.885. The third-order valence-electron chi connectivity index (χ3n) is 19.8. The van der Waals surface area contributed by atoms with E-state index in [4.69, 9.17) is 4.74 Å². The van der Waals surface area contributed by atoms with Crippen LogP contribution in [0.15, 0.2) is 48.6 Å². The first-order valence-corrected chi connectivity index (χ1v) is 42.4. The molecule has 0 heterocycles. The monoisotopic (exact) mass is 1300 g/mol. The van der Waals surface area contributed by atoms with Crippen LogP contribution in [0.4, 0.5) is 0 Å². The van der Waals surface area contributed by atoms with Crippen molar-refractivity contribution in [1.82, 2.24) is 5.32 Å². The molecule has 0 aromatic carbocycles. The highest BCUT2D eigenvalue weighted by Crippen LogP contribution is 2.20. The number of rotatable bonds is 80. The molecule has 0 saturated carbocycles. The van der Waals surface area contributed by atoms with Gasteiger partial charge in [-0.3, -0.25) is 9.59 Å². The van der Waals surface area contributed by atoms with Crippen molar-refractivity contribution in [2.45, 2.75) is 482 Å². The number of esters is 1. The van der Waals surface area contributed by atoms with Crippen LogP contribution >= 0.6 is 0 Å². The van der Waals surface area contributed by atoms with Crippen LogP contribution < -0.4 is 5.32 Å². The Morgan fingerprint density at radius 3 is 0.828 bits per heavy atom. The number of carbonyl (C=O) groups excluding carboxylic acids is 2. The molecule has 548 valence electrons. The van der Waals surface area contributed by atoms with Crippen LogP contribution in [-0.2, 0) is 14.3 Å². The topological polar surface area (TPSA) is 95.9 Å². The van der Waals surface area contributed by atoms with Gasteiger partial charge in [-0.1, -0.05) is 416 Å². The van der Waals surface area contributed by atoms with Crippen LogP contribution in [0.5, 0.6) is 0 Å². The average molecular weight is 1310 g/mol. The van der Waals surface area contributed by atoms with Crippen LogP contribution in [-0.4, -0.2) is 47.4 Å². The molecule has 6 heteroatoms. The highest BCUT2D eigenvalue weighted by Gasteiger charge is 2.18. The van der Waals surface area contributed by atoms with Gasteiger partial charge in [0.2, 0.25) is 5.91 Å². The van der Waals surface area contributed by atoms with Gasteiger partial charge in [0.1, 0.15) is 0 Å². The van der Waals surface area contributed by atoms with Crippen molar-refractivity contribution in [3.8, 4) is 0 Å². The molecule has 0 bridgehead atoms. The number of hydrogen-bond acceptors (Lipinski definition) is 5. The Balaban J connectivity index is 3.38. The van der Waals surface area contributed by atoms with Crippen LogP contribution in [0.1, 0.15) is 470 Å². The third-order valence-corrected chi connectivity index (χ3v) is 19.8. The van der Waals surface area contributed by atoms with Crippen LogP contribution in [0.2, 0.25) is 0 Å². The number of aliphatic hydroxyl groups is 2. The molecule has 0 spiro atoms. The Bertz CT molecular complexity index is 1550. The first-order valence-electron chi connectivity index (χ1n) is 42.4. The van der Waals surface area contributed by atoms with Crippen molar-refractivity contribution in [3.05, 3.63) is 48.6 Å². The van der Waals surface area contributed by atoms with Gasteiger partial charge < -0.3 is 20.3 Å². The van der Waals surface area contributed by atoms with Gasteiger partial charge in [-0.2, -0.15) is 0 Å². The van der Waals surface area contributed by atoms with E-state index in [1.807, 2.05) is 6.08 Å². The van der Waals surface area contributed by atoms with Gasteiger partial charge in [0.05, 0.1) is 25.4 Å². The van der Waals surface area contributed by atoms with Crippen molar-refractivity contribution in [2.24, 2.45) is 0 Å².